The van der Waals surface area contributed by atoms with Gasteiger partial charge in [0.05, 0.1) is 13.7 Å². The zero-order valence-electron chi connectivity index (χ0n) is 14.2. The van der Waals surface area contributed by atoms with Gasteiger partial charge in [0.25, 0.3) is 0 Å². The van der Waals surface area contributed by atoms with Crippen LogP contribution in [-0.2, 0) is 22.7 Å². The van der Waals surface area contributed by atoms with Gasteiger partial charge in [-0.1, -0.05) is 18.2 Å². The van der Waals surface area contributed by atoms with Crippen molar-refractivity contribution in [1.82, 2.24) is 10.6 Å². The number of furan rings is 1. The summed E-state index contributed by atoms with van der Waals surface area (Å²) in [7, 11) is 1.56. The van der Waals surface area contributed by atoms with E-state index < -0.39 is 11.8 Å². The Kier molecular flexibility index (Phi) is 5.70. The van der Waals surface area contributed by atoms with Gasteiger partial charge in [-0.2, -0.15) is 11.3 Å². The van der Waals surface area contributed by atoms with Crippen LogP contribution < -0.4 is 15.4 Å². The number of methoxy groups -OCH3 is 1. The maximum absolute atomic E-state index is 11.9. The fourth-order valence-corrected chi connectivity index (χ4v) is 3.03. The first-order chi connectivity index (χ1) is 12.7. The van der Waals surface area contributed by atoms with E-state index in [1.54, 1.807) is 30.6 Å². The molecule has 0 atom stereocenters. The van der Waals surface area contributed by atoms with Crippen LogP contribution in [0.15, 0.2) is 57.6 Å². The summed E-state index contributed by atoms with van der Waals surface area (Å²) in [5.41, 5.74) is 1.78. The summed E-state index contributed by atoms with van der Waals surface area (Å²) < 4.78 is 10.9. The van der Waals surface area contributed by atoms with Crippen LogP contribution in [0, 0.1) is 0 Å². The average molecular weight is 370 g/mol. The highest BCUT2D eigenvalue weighted by Gasteiger charge is 2.14. The molecule has 7 heteroatoms. The van der Waals surface area contributed by atoms with Gasteiger partial charge in [-0.25, -0.2) is 0 Å². The summed E-state index contributed by atoms with van der Waals surface area (Å²) in [6.07, 6.45) is 0. The van der Waals surface area contributed by atoms with Crippen molar-refractivity contribution in [2.45, 2.75) is 13.1 Å². The third kappa shape index (κ3) is 4.31. The van der Waals surface area contributed by atoms with Crippen molar-refractivity contribution in [3.05, 3.63) is 64.5 Å². The van der Waals surface area contributed by atoms with Gasteiger partial charge in [0.1, 0.15) is 17.3 Å². The Bertz CT molecular complexity index is 887. The van der Waals surface area contributed by atoms with Crippen LogP contribution in [0.25, 0.3) is 11.3 Å². The van der Waals surface area contributed by atoms with Gasteiger partial charge in [-0.15, -0.1) is 0 Å². The lowest BCUT2D eigenvalue weighted by Gasteiger charge is -2.09. The van der Waals surface area contributed by atoms with Gasteiger partial charge >= 0.3 is 11.8 Å². The molecule has 0 saturated carbocycles. The van der Waals surface area contributed by atoms with Crippen molar-refractivity contribution in [2.24, 2.45) is 0 Å². The average Bonchev–Trinajstić information content (AvgIpc) is 3.35. The van der Waals surface area contributed by atoms with Crippen molar-refractivity contribution in [1.29, 1.82) is 0 Å². The van der Waals surface area contributed by atoms with Crippen molar-refractivity contribution < 1.29 is 18.7 Å². The Morgan fingerprint density at radius 3 is 2.54 bits per heavy atom. The van der Waals surface area contributed by atoms with E-state index in [-0.39, 0.29) is 13.1 Å². The number of nitrogens with one attached hydrogen (secondary N) is 2. The molecular formula is C19H18N2O4S. The Labute approximate surface area is 154 Å². The second kappa shape index (κ2) is 8.35. The highest BCUT2D eigenvalue weighted by molar-refractivity contribution is 7.08. The third-order valence-corrected chi connectivity index (χ3v) is 4.41. The van der Waals surface area contributed by atoms with Crippen LogP contribution in [0.4, 0.5) is 0 Å². The first kappa shape index (κ1) is 17.8. The predicted octanol–water partition coefficient (Wildman–Crippen LogP) is 2.95. The molecule has 0 bridgehead atoms. The van der Waals surface area contributed by atoms with E-state index in [9.17, 15) is 9.59 Å². The minimum absolute atomic E-state index is 0.144. The molecule has 134 valence electrons. The number of benzene rings is 1. The van der Waals surface area contributed by atoms with Gasteiger partial charge in [0.2, 0.25) is 0 Å². The first-order valence-corrected chi connectivity index (χ1v) is 8.91. The van der Waals surface area contributed by atoms with Gasteiger partial charge < -0.3 is 19.8 Å². The molecular weight excluding hydrogens is 352 g/mol. The van der Waals surface area contributed by atoms with Crippen LogP contribution in [0.3, 0.4) is 0 Å². The van der Waals surface area contributed by atoms with E-state index in [1.165, 1.54) is 0 Å². The molecule has 0 fully saturated rings. The van der Waals surface area contributed by atoms with Crippen molar-refractivity contribution in [3.63, 3.8) is 0 Å². The number of thiophene rings is 1. The first-order valence-electron chi connectivity index (χ1n) is 7.96. The van der Waals surface area contributed by atoms with Crippen molar-refractivity contribution in [3.8, 4) is 17.1 Å². The number of hydrogen-bond acceptors (Lipinski definition) is 5. The number of para-hydroxylation sites is 1. The molecule has 0 unspecified atom stereocenters. The van der Waals surface area contributed by atoms with E-state index in [0.29, 0.717) is 11.5 Å². The van der Waals surface area contributed by atoms with Gasteiger partial charge in [0, 0.05) is 23.1 Å². The molecule has 0 aliphatic carbocycles. The minimum atomic E-state index is -0.714. The second-order valence-corrected chi connectivity index (χ2v) is 6.24. The number of amides is 2. The van der Waals surface area contributed by atoms with E-state index in [0.717, 1.165) is 16.9 Å². The topological polar surface area (TPSA) is 80.6 Å². The van der Waals surface area contributed by atoms with Crippen molar-refractivity contribution in [2.75, 3.05) is 7.11 Å². The van der Waals surface area contributed by atoms with E-state index in [1.807, 2.05) is 41.1 Å². The number of carbonyl (C=O) groups is 2. The lowest BCUT2D eigenvalue weighted by atomic mass is 10.2. The van der Waals surface area contributed by atoms with Crippen LogP contribution in [-0.4, -0.2) is 18.9 Å². The molecule has 2 heterocycles. The summed E-state index contributed by atoms with van der Waals surface area (Å²) in [6.45, 7) is 0.352. The lowest BCUT2D eigenvalue weighted by Crippen LogP contribution is -2.39. The molecule has 0 aliphatic heterocycles. The molecule has 0 radical (unpaired) electrons. The molecule has 0 aliphatic rings. The van der Waals surface area contributed by atoms with Crippen LogP contribution in [0.1, 0.15) is 11.3 Å². The molecule has 3 rings (SSSR count). The Morgan fingerprint density at radius 2 is 1.81 bits per heavy atom. The predicted molar refractivity (Wildman–Crippen MR) is 98.7 cm³/mol. The zero-order valence-corrected chi connectivity index (χ0v) is 15.0. The fraction of sp³-hybridized carbons (Fsp3) is 0.158. The van der Waals surface area contributed by atoms with Crippen molar-refractivity contribution >= 4 is 23.2 Å². The summed E-state index contributed by atoms with van der Waals surface area (Å²) >= 11 is 1.58. The molecule has 2 amide bonds. The van der Waals surface area contributed by atoms with Crippen LogP contribution in [0.5, 0.6) is 5.75 Å². The third-order valence-electron chi connectivity index (χ3n) is 3.73. The molecule has 3 aromatic rings. The maximum Gasteiger partial charge on any atom is 0.309 e. The maximum atomic E-state index is 11.9. The van der Waals surface area contributed by atoms with Gasteiger partial charge in [0.15, 0.2) is 0 Å². The zero-order chi connectivity index (χ0) is 18.4. The molecule has 0 spiro atoms. The molecule has 0 saturated heterocycles. The summed E-state index contributed by atoms with van der Waals surface area (Å²) in [5, 5.41) is 9.07. The molecule has 2 aromatic heterocycles. The summed E-state index contributed by atoms with van der Waals surface area (Å²) in [5.74, 6) is 0.548. The standard InChI is InChI=1S/C19H18N2O4S/c1-24-16-5-3-2-4-13(16)10-20-18(22)19(23)21-11-15-6-7-17(25-15)14-8-9-26-12-14/h2-9,12H,10-11H2,1H3,(H,20,22)(H,21,23). The Balaban J connectivity index is 1.49. The SMILES string of the molecule is COc1ccccc1CNC(=O)C(=O)NCc1ccc(-c2ccsc2)o1. The molecule has 26 heavy (non-hydrogen) atoms. The molecule has 6 nitrogen and oxygen atoms in total. The van der Waals surface area contributed by atoms with E-state index in [4.69, 9.17) is 9.15 Å². The Morgan fingerprint density at radius 1 is 1.04 bits per heavy atom. The molecule has 1 aromatic carbocycles. The largest absolute Gasteiger partial charge is 0.496 e. The Hall–Kier alpha value is -3.06. The number of hydrogen-bond donors (Lipinski definition) is 2. The number of carbonyl (C=O) groups excluding carboxylic acids is 2. The monoisotopic (exact) mass is 370 g/mol. The summed E-state index contributed by atoms with van der Waals surface area (Å²) in [6, 6.07) is 12.9. The highest BCUT2D eigenvalue weighted by atomic mass is 32.1. The highest BCUT2D eigenvalue weighted by Crippen LogP contribution is 2.24. The van der Waals surface area contributed by atoms with Gasteiger partial charge in [-0.3, -0.25) is 9.59 Å². The van der Waals surface area contributed by atoms with E-state index >= 15 is 0 Å². The van der Waals surface area contributed by atoms with Crippen LogP contribution in [0.2, 0.25) is 0 Å². The molecule has 2 N–H and O–H groups in total. The van der Waals surface area contributed by atoms with E-state index in [2.05, 4.69) is 10.6 Å². The normalized spacial score (nSPS) is 10.3. The number of rotatable bonds is 6. The van der Waals surface area contributed by atoms with Gasteiger partial charge in [-0.05, 0) is 29.6 Å². The minimum Gasteiger partial charge on any atom is -0.496 e. The quantitative estimate of drug-likeness (QED) is 0.654. The lowest BCUT2D eigenvalue weighted by molar-refractivity contribution is -0.139. The smallest absolute Gasteiger partial charge is 0.309 e. The second-order valence-electron chi connectivity index (χ2n) is 5.46. The fourth-order valence-electron chi connectivity index (χ4n) is 2.39. The summed E-state index contributed by atoms with van der Waals surface area (Å²) in [4.78, 5) is 23.9. The number of ether oxygens (including phenoxy) is 1. The van der Waals surface area contributed by atoms with Crippen LogP contribution >= 0.6 is 11.3 Å².